The first kappa shape index (κ1) is 20.6. The lowest BCUT2D eigenvalue weighted by atomic mass is 9.67. The second-order valence-corrected chi connectivity index (χ2v) is 9.26. The molecule has 1 aromatic rings. The van der Waals surface area contributed by atoms with E-state index in [-0.39, 0.29) is 30.7 Å². The van der Waals surface area contributed by atoms with Crippen molar-refractivity contribution in [1.82, 2.24) is 0 Å². The molecule has 0 bridgehead atoms. The van der Waals surface area contributed by atoms with Crippen LogP contribution in [0.5, 0.6) is 0 Å². The first-order valence-electron chi connectivity index (χ1n) is 9.43. The summed E-state index contributed by atoms with van der Waals surface area (Å²) in [7, 11) is -0.590. The number of ether oxygens (including phenoxy) is 1. The fourth-order valence-electron chi connectivity index (χ4n) is 3.27. The van der Waals surface area contributed by atoms with E-state index in [4.69, 9.17) is 25.6 Å². The Hall–Kier alpha value is -1.11. The van der Waals surface area contributed by atoms with E-state index in [0.717, 1.165) is 5.56 Å². The zero-order chi connectivity index (χ0) is 19.9. The Balaban J connectivity index is 1.63. The number of benzene rings is 1. The van der Waals surface area contributed by atoms with Crippen molar-refractivity contribution >= 4 is 24.7 Å². The summed E-state index contributed by atoms with van der Waals surface area (Å²) in [6.45, 7) is 8.03. The molecule has 0 radical (unpaired) electrons. The molecule has 2 fully saturated rings. The number of carbonyl (C=O) groups is 1. The molecule has 0 spiro atoms. The van der Waals surface area contributed by atoms with Crippen LogP contribution < -0.4 is 0 Å². The Labute approximate surface area is 165 Å². The van der Waals surface area contributed by atoms with E-state index in [0.29, 0.717) is 12.8 Å². The third-order valence-corrected chi connectivity index (χ3v) is 6.33. The van der Waals surface area contributed by atoms with E-state index < -0.39 is 23.4 Å². The molecule has 3 atom stereocenters. The summed E-state index contributed by atoms with van der Waals surface area (Å²) in [6.07, 6.45) is 0.827. The number of rotatable bonds is 7. The molecule has 27 heavy (non-hydrogen) atoms. The van der Waals surface area contributed by atoms with Gasteiger partial charge in [0.1, 0.15) is 6.61 Å². The van der Waals surface area contributed by atoms with Crippen LogP contribution >= 0.6 is 11.6 Å². The SMILES string of the molecule is CC1(C)OB(C(CC(=O)OCc2ccccc2)CC2CC2(F)Cl)OC1(C)C. The van der Waals surface area contributed by atoms with Crippen molar-refractivity contribution in [1.29, 1.82) is 0 Å². The first-order chi connectivity index (χ1) is 12.5. The van der Waals surface area contributed by atoms with Crippen LogP contribution in [0.15, 0.2) is 30.3 Å². The molecule has 0 aromatic heterocycles. The molecule has 1 heterocycles. The van der Waals surface area contributed by atoms with Crippen LogP contribution in [-0.2, 0) is 25.4 Å². The summed E-state index contributed by atoms with van der Waals surface area (Å²) >= 11 is 5.78. The highest BCUT2D eigenvalue weighted by Gasteiger charge is 2.59. The van der Waals surface area contributed by atoms with Gasteiger partial charge in [-0.05, 0) is 39.7 Å². The van der Waals surface area contributed by atoms with E-state index in [1.54, 1.807) is 0 Å². The average molecular weight is 397 g/mol. The van der Waals surface area contributed by atoms with Crippen LogP contribution in [-0.4, -0.2) is 29.4 Å². The summed E-state index contributed by atoms with van der Waals surface area (Å²) in [5.41, 5.74) is -0.105. The molecule has 1 aromatic carbocycles. The molecule has 1 aliphatic heterocycles. The van der Waals surface area contributed by atoms with Crippen molar-refractivity contribution in [2.24, 2.45) is 5.92 Å². The Morgan fingerprint density at radius 1 is 1.26 bits per heavy atom. The number of esters is 1. The second kappa shape index (κ2) is 7.38. The van der Waals surface area contributed by atoms with Gasteiger partial charge in [0.2, 0.25) is 0 Å². The Morgan fingerprint density at radius 3 is 2.33 bits per heavy atom. The number of carbonyl (C=O) groups excluding carboxylic acids is 1. The summed E-state index contributed by atoms with van der Waals surface area (Å²) < 4.78 is 31.5. The zero-order valence-corrected chi connectivity index (χ0v) is 17.1. The van der Waals surface area contributed by atoms with Crippen molar-refractivity contribution in [3.8, 4) is 0 Å². The minimum Gasteiger partial charge on any atom is -0.461 e. The van der Waals surface area contributed by atoms with Crippen molar-refractivity contribution in [3.05, 3.63) is 35.9 Å². The predicted molar refractivity (Wildman–Crippen MR) is 103 cm³/mol. The lowest BCUT2D eigenvalue weighted by molar-refractivity contribution is -0.145. The topological polar surface area (TPSA) is 44.8 Å². The fourth-order valence-corrected chi connectivity index (χ4v) is 3.55. The third kappa shape index (κ3) is 4.85. The van der Waals surface area contributed by atoms with Crippen molar-refractivity contribution in [3.63, 3.8) is 0 Å². The second-order valence-electron chi connectivity index (χ2n) is 8.63. The highest BCUT2D eigenvalue weighted by Crippen LogP contribution is 2.56. The maximum Gasteiger partial charge on any atom is 0.461 e. The van der Waals surface area contributed by atoms with Crippen molar-refractivity contribution in [2.75, 3.05) is 0 Å². The van der Waals surface area contributed by atoms with Gasteiger partial charge in [-0.1, -0.05) is 41.9 Å². The van der Waals surface area contributed by atoms with Gasteiger partial charge in [-0.25, -0.2) is 4.39 Å². The molecule has 3 rings (SSSR count). The van der Waals surface area contributed by atoms with Crippen LogP contribution in [0.2, 0.25) is 5.82 Å². The standard InChI is InChI=1S/C20H27BClFO4/c1-18(2)19(3,4)27-21(26-18)16(10-15-12-20(15,22)23)11-17(24)25-13-14-8-6-5-7-9-14/h5-9,15-16H,10-13H2,1-4H3. The molecule has 1 aliphatic carbocycles. The van der Waals surface area contributed by atoms with Crippen LogP contribution in [0.3, 0.4) is 0 Å². The maximum absolute atomic E-state index is 13.9. The number of alkyl halides is 2. The van der Waals surface area contributed by atoms with Gasteiger partial charge in [-0.15, -0.1) is 0 Å². The lowest BCUT2D eigenvalue weighted by Crippen LogP contribution is -2.41. The monoisotopic (exact) mass is 396 g/mol. The molecule has 0 N–H and O–H groups in total. The van der Waals surface area contributed by atoms with Crippen molar-refractivity contribution in [2.45, 2.75) is 75.7 Å². The number of hydrogen-bond donors (Lipinski definition) is 0. The molecule has 7 heteroatoms. The van der Waals surface area contributed by atoms with Gasteiger partial charge >= 0.3 is 13.1 Å². The van der Waals surface area contributed by atoms with Crippen LogP contribution in [0.1, 0.15) is 52.5 Å². The molecule has 0 amide bonds. The van der Waals surface area contributed by atoms with E-state index in [1.165, 1.54) is 0 Å². The molecule has 1 saturated carbocycles. The summed E-state index contributed by atoms with van der Waals surface area (Å²) in [4.78, 5) is 12.4. The largest absolute Gasteiger partial charge is 0.461 e. The van der Waals surface area contributed by atoms with Gasteiger partial charge in [0.25, 0.3) is 0 Å². The number of hydrogen-bond acceptors (Lipinski definition) is 4. The van der Waals surface area contributed by atoms with Gasteiger partial charge in [-0.2, -0.15) is 0 Å². The molecular weight excluding hydrogens is 369 g/mol. The summed E-state index contributed by atoms with van der Waals surface area (Å²) in [6, 6.07) is 9.49. The fraction of sp³-hybridized carbons (Fsp3) is 0.650. The van der Waals surface area contributed by atoms with Gasteiger partial charge < -0.3 is 14.0 Å². The third-order valence-electron chi connectivity index (χ3n) is 5.87. The maximum atomic E-state index is 13.9. The molecular formula is C20H27BClFO4. The average Bonchev–Trinajstić information content (AvgIpc) is 3.10. The van der Waals surface area contributed by atoms with Gasteiger partial charge in [0, 0.05) is 24.6 Å². The van der Waals surface area contributed by atoms with Crippen molar-refractivity contribution < 1.29 is 23.2 Å². The van der Waals surface area contributed by atoms with E-state index >= 15 is 0 Å². The predicted octanol–water partition coefficient (Wildman–Crippen LogP) is 4.90. The quantitative estimate of drug-likeness (QED) is 0.374. The van der Waals surface area contributed by atoms with Gasteiger partial charge in [0.05, 0.1) is 11.2 Å². The molecule has 4 nitrogen and oxygen atoms in total. The smallest absolute Gasteiger partial charge is 0.461 e. The minimum absolute atomic E-state index is 0.104. The van der Waals surface area contributed by atoms with Gasteiger partial charge in [0.15, 0.2) is 5.13 Å². The van der Waals surface area contributed by atoms with Crippen LogP contribution in [0.25, 0.3) is 0 Å². The Bertz CT molecular complexity index is 664. The van der Waals surface area contributed by atoms with E-state index in [1.807, 2.05) is 58.0 Å². The Morgan fingerprint density at radius 2 is 1.81 bits per heavy atom. The molecule has 3 unspecified atom stereocenters. The number of halogens is 2. The minimum atomic E-state index is -1.67. The molecule has 2 aliphatic rings. The van der Waals surface area contributed by atoms with Crippen LogP contribution in [0, 0.1) is 5.92 Å². The normalized spacial score (nSPS) is 29.4. The van der Waals surface area contributed by atoms with Crippen LogP contribution in [0.4, 0.5) is 4.39 Å². The summed E-state index contributed by atoms with van der Waals surface area (Å²) in [5.74, 6) is -0.945. The lowest BCUT2D eigenvalue weighted by Gasteiger charge is -2.32. The Kier molecular flexibility index (Phi) is 5.64. The zero-order valence-electron chi connectivity index (χ0n) is 16.3. The highest BCUT2D eigenvalue weighted by molar-refractivity contribution is 6.48. The molecule has 1 saturated heterocycles. The van der Waals surface area contributed by atoms with Gasteiger partial charge in [-0.3, -0.25) is 4.79 Å². The highest BCUT2D eigenvalue weighted by atomic mass is 35.5. The molecule has 148 valence electrons. The van der Waals surface area contributed by atoms with E-state index in [2.05, 4.69) is 0 Å². The van der Waals surface area contributed by atoms with E-state index in [9.17, 15) is 9.18 Å². The summed E-state index contributed by atoms with van der Waals surface area (Å²) in [5, 5.41) is -1.67. The first-order valence-corrected chi connectivity index (χ1v) is 9.81.